The molecule has 0 aliphatic carbocycles. The number of nitrogen functional groups attached to an aromatic ring is 1. The van der Waals surface area contributed by atoms with Crippen molar-refractivity contribution in [1.82, 2.24) is 19.5 Å². The number of primary amides is 1. The zero-order valence-electron chi connectivity index (χ0n) is 12.0. The summed E-state index contributed by atoms with van der Waals surface area (Å²) in [6.07, 6.45) is 1.44. The van der Waals surface area contributed by atoms with Crippen molar-refractivity contribution in [2.45, 2.75) is 23.9 Å². The molecule has 11 nitrogen and oxygen atoms in total. The van der Waals surface area contributed by atoms with Crippen LogP contribution in [-0.2, 0) is 9.53 Å². The Morgan fingerprint density at radius 1 is 1.39 bits per heavy atom. The number of rotatable bonds is 4. The maximum Gasteiger partial charge on any atom is 0.255 e. The highest BCUT2D eigenvalue weighted by molar-refractivity contribution is 5.86. The predicted molar refractivity (Wildman–Crippen MR) is 75.5 cm³/mol. The fraction of sp³-hybridized carbons (Fsp3) is 0.500. The lowest BCUT2D eigenvalue weighted by Crippen LogP contribution is -2.63. The van der Waals surface area contributed by atoms with Gasteiger partial charge in [-0.15, -0.1) is 0 Å². The number of nitrogens with zero attached hydrogens (tertiary/aromatic N) is 4. The fourth-order valence-electron chi connectivity index (χ4n) is 2.82. The van der Waals surface area contributed by atoms with Crippen LogP contribution >= 0.6 is 0 Å². The van der Waals surface area contributed by atoms with E-state index in [4.69, 9.17) is 16.2 Å². The van der Waals surface area contributed by atoms with Gasteiger partial charge in [-0.05, 0) is 0 Å². The first-order chi connectivity index (χ1) is 10.9. The highest BCUT2D eigenvalue weighted by atomic mass is 16.6. The van der Waals surface area contributed by atoms with Crippen molar-refractivity contribution in [2.75, 3.05) is 18.9 Å². The van der Waals surface area contributed by atoms with E-state index < -0.39 is 36.6 Å². The molecule has 0 bridgehead atoms. The van der Waals surface area contributed by atoms with Gasteiger partial charge in [-0.25, -0.2) is 15.0 Å². The Hall–Kier alpha value is -2.34. The summed E-state index contributed by atoms with van der Waals surface area (Å²) >= 11 is 0. The lowest BCUT2D eigenvalue weighted by Gasteiger charge is -2.34. The first kappa shape index (κ1) is 15.6. The molecule has 1 aliphatic heterocycles. The number of aliphatic hydroxyl groups excluding tert-OH is 2. The number of imidazole rings is 1. The van der Waals surface area contributed by atoms with E-state index in [1.165, 1.54) is 17.2 Å². The van der Waals surface area contributed by atoms with Gasteiger partial charge in [0.1, 0.15) is 23.7 Å². The Bertz CT molecular complexity index is 765. The van der Waals surface area contributed by atoms with E-state index >= 15 is 0 Å². The lowest BCUT2D eigenvalue weighted by atomic mass is 9.83. The highest BCUT2D eigenvalue weighted by Gasteiger charge is 2.63. The van der Waals surface area contributed by atoms with Crippen molar-refractivity contribution < 1.29 is 24.9 Å². The number of hydrogen-bond acceptors (Lipinski definition) is 9. The summed E-state index contributed by atoms with van der Waals surface area (Å²) in [5, 5.41) is 29.6. The number of carbonyl (C=O) groups is 1. The van der Waals surface area contributed by atoms with E-state index in [0.717, 1.165) is 0 Å². The van der Waals surface area contributed by atoms with Crippen LogP contribution in [-0.4, -0.2) is 65.2 Å². The number of anilines is 1. The lowest BCUT2D eigenvalue weighted by molar-refractivity contribution is -0.186. The molecule has 124 valence electrons. The standard InChI is InChI=1S/C12H16N6O5/c13-8-7-9(16-4-15-8)18(5-17-7)6-1-11(22,2-19)12(3-20,23-6)10(14)21/h4-6,19-20,22H,1-3H2,(H2,14,21)(H2,13,15,16)/t6-,11-,12+/m1/s1. The number of aliphatic hydroxyl groups is 3. The second-order valence-electron chi connectivity index (χ2n) is 5.40. The molecule has 1 fully saturated rings. The number of nitrogens with two attached hydrogens (primary N) is 2. The van der Waals surface area contributed by atoms with Crippen molar-refractivity contribution in [3.63, 3.8) is 0 Å². The van der Waals surface area contributed by atoms with Gasteiger partial charge in [0.15, 0.2) is 11.5 Å². The van der Waals surface area contributed by atoms with Crippen LogP contribution in [0.15, 0.2) is 12.7 Å². The van der Waals surface area contributed by atoms with E-state index in [9.17, 15) is 20.1 Å². The molecule has 3 heterocycles. The Kier molecular flexibility index (Phi) is 3.44. The van der Waals surface area contributed by atoms with Crippen molar-refractivity contribution >= 4 is 22.9 Å². The normalized spacial score (nSPS) is 30.8. The summed E-state index contributed by atoms with van der Waals surface area (Å²) in [7, 11) is 0. The number of carbonyl (C=O) groups excluding carboxylic acids is 1. The molecule has 23 heavy (non-hydrogen) atoms. The van der Waals surface area contributed by atoms with E-state index in [-0.39, 0.29) is 12.2 Å². The molecule has 0 unspecified atom stereocenters. The molecule has 2 aromatic rings. The Labute approximate surface area is 129 Å². The first-order valence-corrected chi connectivity index (χ1v) is 6.73. The van der Waals surface area contributed by atoms with Crippen LogP contribution in [0.3, 0.4) is 0 Å². The van der Waals surface area contributed by atoms with Crippen LogP contribution in [0.2, 0.25) is 0 Å². The molecule has 7 N–H and O–H groups in total. The minimum atomic E-state index is -2.14. The number of ether oxygens (including phenoxy) is 1. The smallest absolute Gasteiger partial charge is 0.255 e. The van der Waals surface area contributed by atoms with E-state index in [1.54, 1.807) is 0 Å². The number of fused-ring (bicyclic) bond motifs is 1. The zero-order valence-corrected chi connectivity index (χ0v) is 12.0. The van der Waals surface area contributed by atoms with E-state index in [1.807, 2.05) is 0 Å². The second kappa shape index (κ2) is 5.09. The van der Waals surface area contributed by atoms with Crippen molar-refractivity contribution in [1.29, 1.82) is 0 Å². The minimum Gasteiger partial charge on any atom is -0.393 e. The minimum absolute atomic E-state index is 0.160. The van der Waals surface area contributed by atoms with Gasteiger partial charge in [0.2, 0.25) is 5.60 Å². The molecular weight excluding hydrogens is 308 g/mol. The van der Waals surface area contributed by atoms with E-state index in [0.29, 0.717) is 11.2 Å². The predicted octanol–water partition coefficient (Wildman–Crippen LogP) is -2.73. The summed E-state index contributed by atoms with van der Waals surface area (Å²) in [5.74, 6) is -0.926. The number of amides is 1. The van der Waals surface area contributed by atoms with Gasteiger partial charge >= 0.3 is 0 Å². The monoisotopic (exact) mass is 324 g/mol. The third kappa shape index (κ3) is 1.98. The molecule has 0 aromatic carbocycles. The van der Waals surface area contributed by atoms with Crippen LogP contribution in [0.5, 0.6) is 0 Å². The van der Waals surface area contributed by atoms with Gasteiger partial charge in [0.05, 0.1) is 19.5 Å². The van der Waals surface area contributed by atoms with Gasteiger partial charge in [0, 0.05) is 6.42 Å². The van der Waals surface area contributed by atoms with Crippen molar-refractivity contribution in [3.05, 3.63) is 12.7 Å². The molecule has 3 rings (SSSR count). The summed E-state index contributed by atoms with van der Waals surface area (Å²) in [6.45, 7) is -1.71. The third-order valence-corrected chi connectivity index (χ3v) is 4.18. The molecule has 0 saturated carbocycles. The number of aromatic nitrogens is 4. The molecular formula is C12H16N6O5. The maximum absolute atomic E-state index is 11.8. The summed E-state index contributed by atoms with van der Waals surface area (Å²) in [5.41, 5.74) is 7.44. The average Bonchev–Trinajstić information content (AvgIpc) is 3.08. The van der Waals surface area contributed by atoms with Crippen LogP contribution < -0.4 is 11.5 Å². The SMILES string of the molecule is NC(=O)[C@]1(CO)O[C@@H](n2cnc3c(N)ncnc32)C[C@@]1(O)CO. The van der Waals surface area contributed by atoms with Gasteiger partial charge in [-0.1, -0.05) is 0 Å². The fourth-order valence-corrected chi connectivity index (χ4v) is 2.82. The van der Waals surface area contributed by atoms with Gasteiger partial charge < -0.3 is 31.5 Å². The Morgan fingerprint density at radius 3 is 2.70 bits per heavy atom. The van der Waals surface area contributed by atoms with Crippen LogP contribution in [0.1, 0.15) is 12.6 Å². The molecule has 1 saturated heterocycles. The van der Waals surface area contributed by atoms with Crippen LogP contribution in [0.25, 0.3) is 11.2 Å². The number of hydrogen-bond donors (Lipinski definition) is 5. The molecule has 2 aromatic heterocycles. The van der Waals surface area contributed by atoms with Gasteiger partial charge in [0.25, 0.3) is 5.91 Å². The zero-order chi connectivity index (χ0) is 16.8. The first-order valence-electron chi connectivity index (χ1n) is 6.73. The third-order valence-electron chi connectivity index (χ3n) is 4.18. The molecule has 0 radical (unpaired) electrons. The molecule has 1 amide bonds. The molecule has 11 heteroatoms. The van der Waals surface area contributed by atoms with Crippen molar-refractivity contribution in [2.24, 2.45) is 5.73 Å². The molecule has 1 aliphatic rings. The van der Waals surface area contributed by atoms with Crippen molar-refractivity contribution in [3.8, 4) is 0 Å². The summed E-state index contributed by atoms with van der Waals surface area (Å²) < 4.78 is 6.97. The van der Waals surface area contributed by atoms with E-state index in [2.05, 4.69) is 15.0 Å². The molecule has 0 spiro atoms. The van der Waals surface area contributed by atoms with Gasteiger partial charge in [-0.3, -0.25) is 9.36 Å². The quantitative estimate of drug-likeness (QED) is 0.398. The Morgan fingerprint density at radius 2 is 2.13 bits per heavy atom. The summed E-state index contributed by atoms with van der Waals surface area (Å²) in [4.78, 5) is 23.7. The largest absolute Gasteiger partial charge is 0.393 e. The topological polar surface area (TPSA) is 183 Å². The summed E-state index contributed by atoms with van der Waals surface area (Å²) in [6, 6.07) is 0. The highest BCUT2D eigenvalue weighted by Crippen LogP contribution is 2.44. The molecule has 3 atom stereocenters. The van der Waals surface area contributed by atoms with Crippen LogP contribution in [0.4, 0.5) is 5.82 Å². The van der Waals surface area contributed by atoms with Gasteiger partial charge in [-0.2, -0.15) is 0 Å². The second-order valence-corrected chi connectivity index (χ2v) is 5.40. The maximum atomic E-state index is 11.8. The average molecular weight is 324 g/mol. The van der Waals surface area contributed by atoms with Crippen LogP contribution in [0, 0.1) is 0 Å². The Balaban J connectivity index is 2.08.